The minimum absolute atomic E-state index is 0.332. The molecule has 1 aliphatic carbocycles. The molecule has 1 aliphatic rings. The Hall–Kier alpha value is -0.900. The number of aldehydes is 1. The van der Waals surface area contributed by atoms with Crippen LogP contribution in [-0.2, 0) is 14.3 Å². The lowest BCUT2D eigenvalue weighted by atomic mass is 9.97. The number of hydrogen-bond donors (Lipinski definition) is 1. The Morgan fingerprint density at radius 2 is 2.00 bits per heavy atom. The molecule has 0 bridgehead atoms. The van der Waals surface area contributed by atoms with E-state index in [2.05, 4.69) is 0 Å². The normalized spacial score (nSPS) is 31.3. The molecule has 1 N–H and O–H groups in total. The minimum Gasteiger partial charge on any atom is -0.460 e. The first-order valence-electron chi connectivity index (χ1n) is 5.19. The van der Waals surface area contributed by atoms with Crippen molar-refractivity contribution in [3.8, 4) is 0 Å². The number of aliphatic hydroxyl groups excluding tert-OH is 1. The minimum atomic E-state index is -0.558. The van der Waals surface area contributed by atoms with Crippen molar-refractivity contribution in [3.05, 3.63) is 0 Å². The van der Waals surface area contributed by atoms with Gasteiger partial charge in [-0.2, -0.15) is 0 Å². The Labute approximate surface area is 89.6 Å². The van der Waals surface area contributed by atoms with Crippen LogP contribution in [0.3, 0.4) is 0 Å². The fourth-order valence-electron chi connectivity index (χ4n) is 1.84. The van der Waals surface area contributed by atoms with Crippen LogP contribution in [0.25, 0.3) is 0 Å². The van der Waals surface area contributed by atoms with Gasteiger partial charge in [-0.1, -0.05) is 0 Å². The molecular weight excluding hydrogens is 196 g/mol. The molecular formula is C11H18O4. The molecule has 1 saturated carbocycles. The first-order chi connectivity index (χ1) is 6.83. The van der Waals surface area contributed by atoms with Gasteiger partial charge in [-0.3, -0.25) is 4.79 Å². The third-order valence-corrected chi connectivity index (χ3v) is 2.47. The molecule has 1 rings (SSSR count). The number of ether oxygens (including phenoxy) is 1. The predicted octanol–water partition coefficient (Wildman–Crippen LogP) is 0.914. The Bertz CT molecular complexity index is 254. The second-order valence-corrected chi connectivity index (χ2v) is 5.07. The molecule has 15 heavy (non-hydrogen) atoms. The molecule has 0 amide bonds. The van der Waals surface area contributed by atoms with Crippen LogP contribution in [0, 0.1) is 11.8 Å². The molecule has 0 spiro atoms. The van der Waals surface area contributed by atoms with Crippen molar-refractivity contribution in [1.82, 2.24) is 0 Å². The van der Waals surface area contributed by atoms with E-state index in [-0.39, 0.29) is 5.97 Å². The SMILES string of the molecule is CC(C)(C)OC(=O)C1CC(O)CC1C=O. The van der Waals surface area contributed by atoms with Crippen LogP contribution >= 0.6 is 0 Å². The quantitative estimate of drug-likeness (QED) is 0.548. The van der Waals surface area contributed by atoms with Gasteiger partial charge < -0.3 is 14.6 Å². The highest BCUT2D eigenvalue weighted by Crippen LogP contribution is 2.32. The molecule has 86 valence electrons. The topological polar surface area (TPSA) is 63.6 Å². The Morgan fingerprint density at radius 3 is 2.47 bits per heavy atom. The van der Waals surface area contributed by atoms with Crippen molar-refractivity contribution in [2.75, 3.05) is 0 Å². The highest BCUT2D eigenvalue weighted by Gasteiger charge is 2.40. The highest BCUT2D eigenvalue weighted by molar-refractivity contribution is 5.77. The van der Waals surface area contributed by atoms with Crippen LogP contribution < -0.4 is 0 Å². The lowest BCUT2D eigenvalue weighted by molar-refractivity contribution is -0.162. The van der Waals surface area contributed by atoms with Gasteiger partial charge >= 0.3 is 5.97 Å². The lowest BCUT2D eigenvalue weighted by Crippen LogP contribution is -2.30. The molecule has 3 atom stereocenters. The van der Waals surface area contributed by atoms with Crippen LogP contribution in [0.1, 0.15) is 33.6 Å². The molecule has 0 radical (unpaired) electrons. The summed E-state index contributed by atoms with van der Waals surface area (Å²) in [5.41, 5.74) is -0.544. The van der Waals surface area contributed by atoms with E-state index in [0.29, 0.717) is 12.8 Å². The van der Waals surface area contributed by atoms with E-state index >= 15 is 0 Å². The summed E-state index contributed by atoms with van der Waals surface area (Å²) >= 11 is 0. The summed E-state index contributed by atoms with van der Waals surface area (Å²) in [6, 6.07) is 0. The van der Waals surface area contributed by atoms with E-state index in [1.165, 1.54) is 0 Å². The predicted molar refractivity (Wildman–Crippen MR) is 54.1 cm³/mol. The third-order valence-electron chi connectivity index (χ3n) is 2.47. The van der Waals surface area contributed by atoms with Crippen LogP contribution in [-0.4, -0.2) is 29.1 Å². The summed E-state index contributed by atoms with van der Waals surface area (Å²) < 4.78 is 5.19. The van der Waals surface area contributed by atoms with E-state index in [4.69, 9.17) is 4.74 Å². The summed E-state index contributed by atoms with van der Waals surface area (Å²) in [5, 5.41) is 9.38. The van der Waals surface area contributed by atoms with Gasteiger partial charge in [0.1, 0.15) is 11.9 Å². The maximum atomic E-state index is 11.7. The molecule has 0 aliphatic heterocycles. The van der Waals surface area contributed by atoms with Crippen molar-refractivity contribution in [3.63, 3.8) is 0 Å². The van der Waals surface area contributed by atoms with Crippen molar-refractivity contribution < 1.29 is 19.4 Å². The van der Waals surface area contributed by atoms with E-state index < -0.39 is 23.5 Å². The first kappa shape index (κ1) is 12.2. The van der Waals surface area contributed by atoms with Crippen LogP contribution in [0.2, 0.25) is 0 Å². The standard InChI is InChI=1S/C11H18O4/c1-11(2,3)15-10(14)9-5-8(13)4-7(9)6-12/h6-9,13H,4-5H2,1-3H3. The van der Waals surface area contributed by atoms with Gasteiger partial charge in [-0.05, 0) is 33.6 Å². The van der Waals surface area contributed by atoms with Gasteiger partial charge in [0, 0.05) is 5.92 Å². The van der Waals surface area contributed by atoms with Gasteiger partial charge in [0.05, 0.1) is 12.0 Å². The number of hydrogen-bond acceptors (Lipinski definition) is 4. The fraction of sp³-hybridized carbons (Fsp3) is 0.818. The van der Waals surface area contributed by atoms with Gasteiger partial charge in [0.2, 0.25) is 0 Å². The summed E-state index contributed by atoms with van der Waals surface area (Å²) in [6.07, 6.45) is 0.883. The Morgan fingerprint density at radius 1 is 1.40 bits per heavy atom. The zero-order chi connectivity index (χ0) is 11.6. The van der Waals surface area contributed by atoms with E-state index in [1.807, 2.05) is 0 Å². The van der Waals surface area contributed by atoms with Crippen LogP contribution in [0.4, 0.5) is 0 Å². The van der Waals surface area contributed by atoms with Crippen molar-refractivity contribution >= 4 is 12.3 Å². The molecule has 4 heteroatoms. The molecule has 0 aromatic heterocycles. The first-order valence-corrected chi connectivity index (χ1v) is 5.19. The Balaban J connectivity index is 2.63. The number of carbonyl (C=O) groups is 2. The van der Waals surface area contributed by atoms with E-state index in [9.17, 15) is 14.7 Å². The maximum Gasteiger partial charge on any atom is 0.310 e. The maximum absolute atomic E-state index is 11.7. The molecule has 0 aromatic carbocycles. The average Bonchev–Trinajstić information content (AvgIpc) is 2.43. The average molecular weight is 214 g/mol. The summed E-state index contributed by atoms with van der Waals surface area (Å²) in [5.74, 6) is -1.25. The van der Waals surface area contributed by atoms with Gasteiger partial charge in [-0.25, -0.2) is 0 Å². The number of esters is 1. The zero-order valence-corrected chi connectivity index (χ0v) is 9.40. The van der Waals surface area contributed by atoms with Gasteiger partial charge in [0.25, 0.3) is 0 Å². The van der Waals surface area contributed by atoms with Crippen LogP contribution in [0.15, 0.2) is 0 Å². The number of carbonyl (C=O) groups excluding carboxylic acids is 2. The monoisotopic (exact) mass is 214 g/mol. The van der Waals surface area contributed by atoms with Crippen molar-refractivity contribution in [2.24, 2.45) is 11.8 Å². The summed E-state index contributed by atoms with van der Waals surface area (Å²) in [7, 11) is 0. The molecule has 4 nitrogen and oxygen atoms in total. The second-order valence-electron chi connectivity index (χ2n) is 5.07. The third kappa shape index (κ3) is 3.30. The van der Waals surface area contributed by atoms with E-state index in [0.717, 1.165) is 6.29 Å². The number of rotatable bonds is 2. The van der Waals surface area contributed by atoms with E-state index in [1.54, 1.807) is 20.8 Å². The zero-order valence-electron chi connectivity index (χ0n) is 9.40. The summed E-state index contributed by atoms with van der Waals surface area (Å²) in [6.45, 7) is 5.35. The summed E-state index contributed by atoms with van der Waals surface area (Å²) in [4.78, 5) is 22.4. The largest absolute Gasteiger partial charge is 0.460 e. The molecule has 3 unspecified atom stereocenters. The van der Waals surface area contributed by atoms with Crippen molar-refractivity contribution in [1.29, 1.82) is 0 Å². The second kappa shape index (κ2) is 4.31. The lowest BCUT2D eigenvalue weighted by Gasteiger charge is -2.23. The molecule has 0 heterocycles. The Kier molecular flexibility index (Phi) is 3.50. The van der Waals surface area contributed by atoms with Crippen molar-refractivity contribution in [2.45, 2.75) is 45.3 Å². The smallest absolute Gasteiger partial charge is 0.310 e. The molecule has 1 fully saturated rings. The van der Waals surface area contributed by atoms with Gasteiger partial charge in [0.15, 0.2) is 0 Å². The molecule has 0 saturated heterocycles. The number of aliphatic hydroxyl groups is 1. The fourth-order valence-corrected chi connectivity index (χ4v) is 1.84. The molecule has 0 aromatic rings. The van der Waals surface area contributed by atoms with Gasteiger partial charge in [-0.15, -0.1) is 0 Å². The van der Waals surface area contributed by atoms with Crippen LogP contribution in [0.5, 0.6) is 0 Å². The highest BCUT2D eigenvalue weighted by atomic mass is 16.6.